The number of carbonyl (C=O) groups excluding carboxylic acids is 1. The van der Waals surface area contributed by atoms with Crippen molar-refractivity contribution in [2.75, 3.05) is 19.8 Å². The largest absolute Gasteiger partial charge is 0.460 e. The fraction of sp³-hybridized carbons (Fsp3) is 0.357. The minimum Gasteiger partial charge on any atom is -0.460 e. The fourth-order valence-corrected chi connectivity index (χ4v) is 3.89. The van der Waals surface area contributed by atoms with E-state index in [2.05, 4.69) is 0 Å². The minimum atomic E-state index is -3.45. The third-order valence-electron chi connectivity index (χ3n) is 3.22. The lowest BCUT2D eigenvalue weighted by Crippen LogP contribution is -2.30. The van der Waals surface area contributed by atoms with Gasteiger partial charge in [-0.25, -0.2) is 8.42 Å². The number of hydrogen-bond donors (Lipinski definition) is 0. The number of carbonyl (C=O) groups is 1. The van der Waals surface area contributed by atoms with Crippen molar-refractivity contribution in [3.8, 4) is 6.07 Å². The van der Waals surface area contributed by atoms with Crippen molar-refractivity contribution in [3.05, 3.63) is 28.6 Å². The van der Waals surface area contributed by atoms with E-state index in [0.29, 0.717) is 20.7 Å². The normalized spacial score (nSPS) is 17.1. The smallest absolute Gasteiger partial charge is 0.266 e. The van der Waals surface area contributed by atoms with Gasteiger partial charge in [0.2, 0.25) is 10.0 Å². The second-order valence-corrected chi connectivity index (χ2v) is 8.71. The molecule has 128 valence electrons. The molecule has 24 heavy (non-hydrogen) atoms. The monoisotopic (exact) mass is 385 g/mol. The molecule has 0 unspecified atom stereocenters. The maximum absolute atomic E-state index is 11.9. The number of nitriles is 1. The summed E-state index contributed by atoms with van der Waals surface area (Å²) >= 11 is 6.23. The van der Waals surface area contributed by atoms with Crippen molar-refractivity contribution in [3.63, 3.8) is 0 Å². The maximum atomic E-state index is 11.9. The number of nitrogens with zero attached hydrogens (tertiary/aromatic N) is 3. The van der Waals surface area contributed by atoms with Crippen LogP contribution in [0.25, 0.3) is 6.08 Å². The van der Waals surface area contributed by atoms with Gasteiger partial charge in [0.25, 0.3) is 5.91 Å². The molecule has 0 spiro atoms. The second kappa shape index (κ2) is 7.48. The van der Waals surface area contributed by atoms with E-state index in [1.54, 1.807) is 25.3 Å². The number of amides is 1. The number of furan rings is 1. The van der Waals surface area contributed by atoms with Crippen LogP contribution in [-0.4, -0.2) is 47.7 Å². The summed E-state index contributed by atoms with van der Waals surface area (Å²) in [4.78, 5) is 13.8. The van der Waals surface area contributed by atoms with E-state index >= 15 is 0 Å². The molecule has 0 bridgehead atoms. The van der Waals surface area contributed by atoms with Crippen molar-refractivity contribution in [1.29, 1.82) is 5.26 Å². The average molecular weight is 385 g/mol. The van der Waals surface area contributed by atoms with Gasteiger partial charge in [-0.3, -0.25) is 9.69 Å². The molecule has 0 saturated carbocycles. The molecule has 1 aliphatic heterocycles. The van der Waals surface area contributed by atoms with E-state index in [0.717, 1.165) is 6.26 Å². The van der Waals surface area contributed by atoms with Crippen LogP contribution in [0, 0.1) is 11.3 Å². The van der Waals surface area contributed by atoms with Crippen LogP contribution >= 0.6 is 24.0 Å². The first-order valence-electron chi connectivity index (χ1n) is 6.84. The van der Waals surface area contributed by atoms with Gasteiger partial charge in [0.05, 0.1) is 23.8 Å². The molecule has 1 aromatic rings. The summed E-state index contributed by atoms with van der Waals surface area (Å²) in [6.45, 7) is 0.128. The average Bonchev–Trinajstić information content (AvgIpc) is 3.03. The Bertz CT molecular complexity index is 836. The zero-order valence-electron chi connectivity index (χ0n) is 13.1. The molecule has 1 amide bonds. The molecule has 10 heteroatoms. The standard InChI is InChI=1S/C14H15N3O4S3/c1-16-13(18)12(23-14(16)22)8-10-4-5-11(21-10)9-17(7-3-6-15)24(2,19)20/h4-5,8H,3,7,9H2,1-2H3/b12-8-. The zero-order valence-corrected chi connectivity index (χ0v) is 15.5. The number of thiocarbonyl (C=S) groups is 1. The van der Waals surface area contributed by atoms with Crippen molar-refractivity contribution >= 4 is 50.3 Å². The Kier molecular flexibility index (Phi) is 5.82. The molecular weight excluding hydrogens is 370 g/mol. The summed E-state index contributed by atoms with van der Waals surface area (Å²) in [5.41, 5.74) is 0. The van der Waals surface area contributed by atoms with Crippen molar-refractivity contribution in [1.82, 2.24) is 9.21 Å². The highest BCUT2D eigenvalue weighted by atomic mass is 32.2. The molecular formula is C14H15N3O4S3. The number of likely N-dealkylation sites (N-methyl/N-ethyl adjacent to an activating group) is 1. The number of sulfonamides is 1. The van der Waals surface area contributed by atoms with Crippen LogP contribution in [0.4, 0.5) is 0 Å². The lowest BCUT2D eigenvalue weighted by atomic mass is 10.3. The van der Waals surface area contributed by atoms with Crippen LogP contribution in [0.2, 0.25) is 0 Å². The van der Waals surface area contributed by atoms with E-state index in [9.17, 15) is 13.2 Å². The molecule has 2 rings (SSSR count). The Morgan fingerprint density at radius 3 is 2.75 bits per heavy atom. The second-order valence-electron chi connectivity index (χ2n) is 5.05. The van der Waals surface area contributed by atoms with Crippen molar-refractivity contribution in [2.45, 2.75) is 13.0 Å². The summed E-state index contributed by atoms with van der Waals surface area (Å²) in [5.74, 6) is 0.666. The van der Waals surface area contributed by atoms with Crippen molar-refractivity contribution < 1.29 is 17.6 Å². The molecule has 2 heterocycles. The van der Waals surface area contributed by atoms with Crippen LogP contribution in [0.15, 0.2) is 21.5 Å². The van der Waals surface area contributed by atoms with Crippen molar-refractivity contribution in [2.24, 2.45) is 0 Å². The summed E-state index contributed by atoms with van der Waals surface area (Å²) < 4.78 is 30.7. The highest BCUT2D eigenvalue weighted by Gasteiger charge is 2.29. The molecule has 0 N–H and O–H groups in total. The predicted molar refractivity (Wildman–Crippen MR) is 95.1 cm³/mol. The van der Waals surface area contributed by atoms with Crippen LogP contribution in [-0.2, 0) is 21.4 Å². The molecule has 0 atom stereocenters. The van der Waals surface area contributed by atoms with Gasteiger partial charge < -0.3 is 4.42 Å². The Morgan fingerprint density at radius 2 is 2.21 bits per heavy atom. The van der Waals surface area contributed by atoms with Gasteiger partial charge in [-0.05, 0) is 12.1 Å². The third kappa shape index (κ3) is 4.45. The van der Waals surface area contributed by atoms with Crippen LogP contribution in [0.5, 0.6) is 0 Å². The highest BCUT2D eigenvalue weighted by molar-refractivity contribution is 8.26. The molecule has 1 aromatic heterocycles. The zero-order chi connectivity index (χ0) is 17.9. The quantitative estimate of drug-likeness (QED) is 0.544. The third-order valence-corrected chi connectivity index (χ3v) is 5.95. The minimum absolute atomic E-state index is 0.0308. The maximum Gasteiger partial charge on any atom is 0.266 e. The van der Waals surface area contributed by atoms with Gasteiger partial charge in [0.15, 0.2) is 0 Å². The molecule has 7 nitrogen and oxygen atoms in total. The van der Waals surface area contributed by atoms with Crippen LogP contribution in [0.3, 0.4) is 0 Å². The van der Waals surface area contributed by atoms with E-state index < -0.39 is 10.0 Å². The summed E-state index contributed by atoms with van der Waals surface area (Å²) in [6, 6.07) is 5.22. The Balaban J connectivity index is 2.14. The number of hydrogen-bond acceptors (Lipinski definition) is 7. The van der Waals surface area contributed by atoms with Gasteiger partial charge in [-0.1, -0.05) is 24.0 Å². The van der Waals surface area contributed by atoms with Gasteiger partial charge in [-0.2, -0.15) is 9.57 Å². The molecule has 1 aliphatic rings. The summed E-state index contributed by atoms with van der Waals surface area (Å²) in [5, 5.41) is 8.63. The molecule has 1 fully saturated rings. The number of rotatable bonds is 6. The van der Waals surface area contributed by atoms with E-state index in [-0.39, 0.29) is 25.4 Å². The highest BCUT2D eigenvalue weighted by Crippen LogP contribution is 2.31. The fourth-order valence-electron chi connectivity index (χ4n) is 1.94. The first kappa shape index (κ1) is 18.7. The molecule has 1 saturated heterocycles. The van der Waals surface area contributed by atoms with Crippen LogP contribution in [0.1, 0.15) is 17.9 Å². The Morgan fingerprint density at radius 1 is 1.50 bits per heavy atom. The Hall–Kier alpha value is -1.67. The molecule has 0 aliphatic carbocycles. The van der Waals surface area contributed by atoms with Gasteiger partial charge in [-0.15, -0.1) is 0 Å². The lowest BCUT2D eigenvalue weighted by molar-refractivity contribution is -0.121. The Labute approximate surface area is 149 Å². The van der Waals surface area contributed by atoms with E-state index in [1.807, 2.05) is 6.07 Å². The first-order chi connectivity index (χ1) is 11.2. The van der Waals surface area contributed by atoms with Crippen LogP contribution < -0.4 is 0 Å². The van der Waals surface area contributed by atoms with Gasteiger partial charge in [0.1, 0.15) is 15.8 Å². The van der Waals surface area contributed by atoms with E-state index in [4.69, 9.17) is 21.9 Å². The topological polar surface area (TPSA) is 94.6 Å². The summed E-state index contributed by atoms with van der Waals surface area (Å²) in [6.07, 6.45) is 2.76. The van der Waals surface area contributed by atoms with Gasteiger partial charge in [0, 0.05) is 26.1 Å². The molecule has 0 radical (unpaired) electrons. The molecule has 0 aromatic carbocycles. The van der Waals surface area contributed by atoms with E-state index in [1.165, 1.54) is 21.0 Å². The first-order valence-corrected chi connectivity index (χ1v) is 9.92. The SMILES string of the molecule is CN1C(=O)/C(=C/c2ccc(CN(CCC#N)S(C)(=O)=O)o2)SC1=S. The van der Waals surface area contributed by atoms with Gasteiger partial charge >= 0.3 is 0 Å². The summed E-state index contributed by atoms with van der Waals surface area (Å²) in [7, 11) is -1.84. The number of thioether (sulfide) groups is 1. The lowest BCUT2D eigenvalue weighted by Gasteiger charge is -2.16. The predicted octanol–water partition coefficient (Wildman–Crippen LogP) is 1.79.